The third kappa shape index (κ3) is 2.93. The molecule has 20 heavy (non-hydrogen) atoms. The summed E-state index contributed by atoms with van der Waals surface area (Å²) in [6.07, 6.45) is 3.78. The minimum absolute atomic E-state index is 0.123. The van der Waals surface area contributed by atoms with E-state index in [0.717, 1.165) is 18.5 Å². The molecular weight excluding hydrogens is 276 g/mol. The van der Waals surface area contributed by atoms with Crippen molar-refractivity contribution < 1.29 is 4.79 Å². The molecule has 0 atom stereocenters. The summed E-state index contributed by atoms with van der Waals surface area (Å²) >= 11 is 5.69. The van der Waals surface area contributed by atoms with Crippen LogP contribution in [0.2, 0.25) is 5.15 Å². The van der Waals surface area contributed by atoms with E-state index in [2.05, 4.69) is 15.2 Å². The maximum atomic E-state index is 12.5. The highest BCUT2D eigenvalue weighted by Gasteiger charge is 2.33. The summed E-state index contributed by atoms with van der Waals surface area (Å²) in [6, 6.07) is 9.15. The van der Waals surface area contributed by atoms with E-state index >= 15 is 0 Å². The molecule has 2 aromatic heterocycles. The molecule has 0 unspecified atom stereocenters. The summed E-state index contributed by atoms with van der Waals surface area (Å²) in [7, 11) is 0. The summed E-state index contributed by atoms with van der Waals surface area (Å²) in [6.45, 7) is 0.495. The van der Waals surface area contributed by atoms with Crippen molar-refractivity contribution in [3.05, 3.63) is 53.1 Å². The highest BCUT2D eigenvalue weighted by molar-refractivity contribution is 6.29. The van der Waals surface area contributed by atoms with Crippen LogP contribution in [0.3, 0.4) is 0 Å². The van der Waals surface area contributed by atoms with E-state index in [0.29, 0.717) is 12.2 Å². The van der Waals surface area contributed by atoms with Crippen LogP contribution in [-0.4, -0.2) is 32.0 Å². The lowest BCUT2D eigenvalue weighted by Gasteiger charge is -2.21. The first-order chi connectivity index (χ1) is 9.74. The van der Waals surface area contributed by atoms with Gasteiger partial charge in [0.25, 0.3) is 5.91 Å². The molecule has 0 aliphatic heterocycles. The summed E-state index contributed by atoms with van der Waals surface area (Å²) < 4.78 is 0. The van der Waals surface area contributed by atoms with E-state index in [9.17, 15) is 4.79 Å². The van der Waals surface area contributed by atoms with Gasteiger partial charge in [0, 0.05) is 12.2 Å². The molecule has 6 heteroatoms. The predicted octanol–water partition coefficient (Wildman–Crippen LogP) is 2.33. The maximum Gasteiger partial charge on any atom is 0.274 e. The van der Waals surface area contributed by atoms with Crippen LogP contribution in [0.15, 0.2) is 36.5 Å². The summed E-state index contributed by atoms with van der Waals surface area (Å²) in [4.78, 5) is 18.6. The Morgan fingerprint density at radius 3 is 2.70 bits per heavy atom. The van der Waals surface area contributed by atoms with Crippen molar-refractivity contribution in [2.75, 3.05) is 0 Å². The van der Waals surface area contributed by atoms with Crippen molar-refractivity contribution in [3.8, 4) is 0 Å². The monoisotopic (exact) mass is 288 g/mol. The van der Waals surface area contributed by atoms with Crippen LogP contribution in [0.4, 0.5) is 0 Å². The van der Waals surface area contributed by atoms with Gasteiger partial charge in [-0.05, 0) is 37.1 Å². The number of halogens is 1. The van der Waals surface area contributed by atoms with Crippen LogP contribution in [0, 0.1) is 0 Å². The lowest BCUT2D eigenvalue weighted by Crippen LogP contribution is -2.33. The fraction of sp³-hybridized carbons (Fsp3) is 0.286. The van der Waals surface area contributed by atoms with Crippen molar-refractivity contribution in [2.45, 2.75) is 25.4 Å². The normalized spacial score (nSPS) is 14.1. The van der Waals surface area contributed by atoms with Gasteiger partial charge in [-0.25, -0.2) is 0 Å². The van der Waals surface area contributed by atoms with Crippen molar-refractivity contribution in [3.63, 3.8) is 0 Å². The van der Waals surface area contributed by atoms with Crippen LogP contribution in [0.5, 0.6) is 0 Å². The fourth-order valence-corrected chi connectivity index (χ4v) is 2.10. The standard InChI is InChI=1S/C14H13ClN4O/c15-13-7-6-12(17-18-13)14(20)19(11-4-5-11)9-10-3-1-2-8-16-10/h1-3,6-8,11H,4-5,9H2. The van der Waals surface area contributed by atoms with Crippen molar-refractivity contribution >= 4 is 17.5 Å². The number of carbonyl (C=O) groups excluding carboxylic acids is 1. The van der Waals surface area contributed by atoms with Gasteiger partial charge in [0.2, 0.25) is 0 Å². The Labute approximate surface area is 121 Å². The summed E-state index contributed by atoms with van der Waals surface area (Å²) in [5.74, 6) is -0.123. The zero-order valence-corrected chi connectivity index (χ0v) is 11.5. The maximum absolute atomic E-state index is 12.5. The van der Waals surface area contributed by atoms with Gasteiger partial charge >= 0.3 is 0 Å². The summed E-state index contributed by atoms with van der Waals surface area (Å²) in [5, 5.41) is 7.86. The molecule has 0 radical (unpaired) electrons. The SMILES string of the molecule is O=C(c1ccc(Cl)nn1)N(Cc1ccccn1)C1CC1. The number of hydrogen-bond acceptors (Lipinski definition) is 4. The molecule has 0 aromatic carbocycles. The lowest BCUT2D eigenvalue weighted by molar-refractivity contribution is 0.0720. The number of pyridine rings is 1. The van der Waals surface area contributed by atoms with E-state index in [4.69, 9.17) is 11.6 Å². The largest absolute Gasteiger partial charge is 0.328 e. The first-order valence-corrected chi connectivity index (χ1v) is 6.82. The molecule has 1 aliphatic rings. The molecular formula is C14H13ClN4O. The number of nitrogens with zero attached hydrogens (tertiary/aromatic N) is 4. The van der Waals surface area contributed by atoms with E-state index in [1.54, 1.807) is 23.2 Å². The Hall–Kier alpha value is -2.01. The highest BCUT2D eigenvalue weighted by atomic mass is 35.5. The first-order valence-electron chi connectivity index (χ1n) is 6.44. The first kappa shape index (κ1) is 13.0. The Bertz CT molecular complexity index is 598. The lowest BCUT2D eigenvalue weighted by atomic mass is 10.3. The molecule has 0 saturated heterocycles. The molecule has 0 bridgehead atoms. The van der Waals surface area contributed by atoms with Gasteiger partial charge in [-0.2, -0.15) is 0 Å². The Balaban J connectivity index is 1.80. The molecule has 1 fully saturated rings. The summed E-state index contributed by atoms with van der Waals surface area (Å²) in [5.41, 5.74) is 1.19. The number of carbonyl (C=O) groups is 1. The van der Waals surface area contributed by atoms with E-state index < -0.39 is 0 Å². The van der Waals surface area contributed by atoms with E-state index in [-0.39, 0.29) is 17.1 Å². The smallest absolute Gasteiger partial charge is 0.274 e. The molecule has 102 valence electrons. The zero-order valence-electron chi connectivity index (χ0n) is 10.7. The molecule has 2 aromatic rings. The van der Waals surface area contributed by atoms with E-state index in [1.807, 2.05) is 18.2 Å². The molecule has 3 rings (SSSR count). The molecule has 1 aliphatic carbocycles. The molecule has 2 heterocycles. The van der Waals surface area contributed by atoms with Crippen molar-refractivity contribution in [2.24, 2.45) is 0 Å². The number of hydrogen-bond donors (Lipinski definition) is 0. The third-order valence-corrected chi connectivity index (χ3v) is 3.36. The fourth-order valence-electron chi connectivity index (χ4n) is 2.00. The number of aromatic nitrogens is 3. The minimum atomic E-state index is -0.123. The van der Waals surface area contributed by atoms with Crippen LogP contribution < -0.4 is 0 Å². The van der Waals surface area contributed by atoms with Crippen LogP contribution in [-0.2, 0) is 6.54 Å². The predicted molar refractivity (Wildman–Crippen MR) is 74.2 cm³/mol. The van der Waals surface area contributed by atoms with E-state index in [1.165, 1.54) is 0 Å². The minimum Gasteiger partial charge on any atom is -0.328 e. The van der Waals surface area contributed by atoms with Crippen LogP contribution >= 0.6 is 11.6 Å². The Kier molecular flexibility index (Phi) is 3.60. The highest BCUT2D eigenvalue weighted by Crippen LogP contribution is 2.29. The topological polar surface area (TPSA) is 59.0 Å². The van der Waals surface area contributed by atoms with Crippen LogP contribution in [0.1, 0.15) is 29.0 Å². The van der Waals surface area contributed by atoms with Gasteiger partial charge in [-0.15, -0.1) is 10.2 Å². The third-order valence-electron chi connectivity index (χ3n) is 3.16. The average molecular weight is 289 g/mol. The Morgan fingerprint density at radius 2 is 2.10 bits per heavy atom. The number of rotatable bonds is 4. The van der Waals surface area contributed by atoms with Gasteiger partial charge in [-0.1, -0.05) is 17.7 Å². The van der Waals surface area contributed by atoms with Gasteiger partial charge in [-0.3, -0.25) is 9.78 Å². The quantitative estimate of drug-likeness (QED) is 0.866. The Morgan fingerprint density at radius 1 is 1.25 bits per heavy atom. The van der Waals surface area contributed by atoms with Gasteiger partial charge in [0.05, 0.1) is 12.2 Å². The second-order valence-electron chi connectivity index (χ2n) is 4.73. The van der Waals surface area contributed by atoms with Gasteiger partial charge in [0.15, 0.2) is 10.8 Å². The zero-order chi connectivity index (χ0) is 13.9. The van der Waals surface area contributed by atoms with Crippen molar-refractivity contribution in [1.29, 1.82) is 0 Å². The van der Waals surface area contributed by atoms with Crippen molar-refractivity contribution in [1.82, 2.24) is 20.1 Å². The van der Waals surface area contributed by atoms with Gasteiger partial charge in [0.1, 0.15) is 0 Å². The van der Waals surface area contributed by atoms with Crippen LogP contribution in [0.25, 0.3) is 0 Å². The molecule has 1 amide bonds. The second-order valence-corrected chi connectivity index (χ2v) is 5.11. The second kappa shape index (κ2) is 5.54. The average Bonchev–Trinajstić information content (AvgIpc) is 3.30. The van der Waals surface area contributed by atoms with Gasteiger partial charge < -0.3 is 4.90 Å². The molecule has 1 saturated carbocycles. The molecule has 0 N–H and O–H groups in total. The molecule has 5 nitrogen and oxygen atoms in total. The molecule has 0 spiro atoms. The number of amides is 1.